The standard InChI is InChI=1S/C28H37N/c1-7-8-15-23(4)29-26-17-11-9-10-16-24(26)25-20-22(3)19-21(2)14-12-13-18-27(29)28(25,5)6/h7-8,10-19,21,25,27H,9,20H2,1-6H3/b8-7-,14-12-,18-13?,22-19-,23-15+/t21?,25?,27-/m0/s1. The largest absolute Gasteiger partial charge is 0.338 e. The summed E-state index contributed by atoms with van der Waals surface area (Å²) in [7, 11) is 0. The minimum absolute atomic E-state index is 0.0966. The van der Waals surface area contributed by atoms with Gasteiger partial charge in [0.15, 0.2) is 0 Å². The van der Waals surface area contributed by atoms with Gasteiger partial charge in [0, 0.05) is 11.4 Å². The molecule has 0 saturated heterocycles. The number of rotatable bonds is 2. The Hall–Kier alpha value is -2.28. The first-order valence-corrected chi connectivity index (χ1v) is 11.0. The van der Waals surface area contributed by atoms with Crippen molar-refractivity contribution in [3.8, 4) is 0 Å². The maximum Gasteiger partial charge on any atom is 0.0579 e. The fraction of sp³-hybridized carbons (Fsp3) is 0.429. The SMILES string of the molecule is C/C=C\C=C(/C)N1C2=C(C=CCC=C2)C2C/C(C)=C\C(C)/C=C\C=C[C@H]1C2(C)C. The zero-order chi connectivity index (χ0) is 21.0. The van der Waals surface area contributed by atoms with Crippen molar-refractivity contribution < 1.29 is 0 Å². The highest BCUT2D eigenvalue weighted by molar-refractivity contribution is 5.45. The van der Waals surface area contributed by atoms with Crippen LogP contribution in [0, 0.1) is 17.3 Å². The van der Waals surface area contributed by atoms with Gasteiger partial charge >= 0.3 is 0 Å². The Labute approximate surface area is 178 Å². The fourth-order valence-electron chi connectivity index (χ4n) is 4.97. The smallest absolute Gasteiger partial charge is 0.0579 e. The van der Waals surface area contributed by atoms with Gasteiger partial charge in [-0.05, 0) is 68.6 Å². The minimum Gasteiger partial charge on any atom is -0.338 e. The van der Waals surface area contributed by atoms with Crippen LogP contribution >= 0.6 is 0 Å². The molecule has 0 aromatic heterocycles. The number of hydrogen-bond donors (Lipinski definition) is 0. The van der Waals surface area contributed by atoms with Crippen LogP contribution in [0.2, 0.25) is 0 Å². The Morgan fingerprint density at radius 3 is 2.62 bits per heavy atom. The predicted octanol–water partition coefficient (Wildman–Crippen LogP) is 7.66. The molecule has 2 bridgehead atoms. The Morgan fingerprint density at radius 1 is 1.14 bits per heavy atom. The van der Waals surface area contributed by atoms with Crippen molar-refractivity contribution in [3.05, 3.63) is 95.5 Å². The van der Waals surface area contributed by atoms with Crippen LogP contribution in [0.1, 0.15) is 54.4 Å². The van der Waals surface area contributed by atoms with E-state index in [1.165, 1.54) is 22.5 Å². The van der Waals surface area contributed by atoms with E-state index in [-0.39, 0.29) is 5.41 Å². The summed E-state index contributed by atoms with van der Waals surface area (Å²) in [5.41, 5.74) is 5.72. The van der Waals surface area contributed by atoms with Crippen LogP contribution in [0.4, 0.5) is 0 Å². The Kier molecular flexibility index (Phi) is 6.67. The molecule has 0 fully saturated rings. The number of nitrogens with zero attached hydrogens (tertiary/aromatic N) is 1. The molecule has 0 amide bonds. The molecule has 0 spiro atoms. The van der Waals surface area contributed by atoms with E-state index >= 15 is 0 Å². The molecule has 2 aliphatic carbocycles. The third-order valence-electron chi connectivity index (χ3n) is 6.52. The second-order valence-electron chi connectivity index (χ2n) is 9.25. The molecule has 0 saturated carbocycles. The van der Waals surface area contributed by atoms with Gasteiger partial charge in [0.25, 0.3) is 0 Å². The van der Waals surface area contributed by atoms with Crippen molar-refractivity contribution in [2.75, 3.05) is 0 Å². The molecule has 2 unspecified atom stereocenters. The maximum atomic E-state index is 2.56. The first-order chi connectivity index (χ1) is 13.9. The van der Waals surface area contributed by atoms with Gasteiger partial charge in [0.1, 0.15) is 0 Å². The molecular formula is C28H37N. The summed E-state index contributed by atoms with van der Waals surface area (Å²) in [6.07, 6.45) is 29.6. The van der Waals surface area contributed by atoms with E-state index < -0.39 is 0 Å². The zero-order valence-corrected chi connectivity index (χ0v) is 19.0. The molecule has 1 heteroatoms. The lowest BCUT2D eigenvalue weighted by molar-refractivity contribution is 0.109. The van der Waals surface area contributed by atoms with Crippen LogP contribution in [0.15, 0.2) is 95.5 Å². The van der Waals surface area contributed by atoms with E-state index in [9.17, 15) is 0 Å². The van der Waals surface area contributed by atoms with Gasteiger partial charge < -0.3 is 4.90 Å². The van der Waals surface area contributed by atoms with Crippen LogP contribution in [0.25, 0.3) is 0 Å². The molecule has 3 atom stereocenters. The quantitative estimate of drug-likeness (QED) is 0.347. The van der Waals surface area contributed by atoms with Crippen LogP contribution in [-0.2, 0) is 0 Å². The second kappa shape index (κ2) is 9.03. The van der Waals surface area contributed by atoms with Gasteiger partial charge in [-0.25, -0.2) is 0 Å². The van der Waals surface area contributed by atoms with Crippen molar-refractivity contribution >= 4 is 0 Å². The molecule has 0 aromatic carbocycles. The Morgan fingerprint density at radius 2 is 1.86 bits per heavy atom. The van der Waals surface area contributed by atoms with E-state index in [0.29, 0.717) is 17.9 Å². The monoisotopic (exact) mass is 387 g/mol. The maximum absolute atomic E-state index is 2.56. The molecule has 1 nitrogen and oxygen atoms in total. The topological polar surface area (TPSA) is 3.24 Å². The van der Waals surface area contributed by atoms with Gasteiger partial charge in [-0.1, -0.05) is 87.1 Å². The first kappa shape index (κ1) is 21.4. The molecule has 1 aliphatic heterocycles. The van der Waals surface area contributed by atoms with Gasteiger partial charge in [0.05, 0.1) is 6.04 Å². The summed E-state index contributed by atoms with van der Waals surface area (Å²) in [5.74, 6) is 0.949. The summed E-state index contributed by atoms with van der Waals surface area (Å²) in [6, 6.07) is 0.301. The normalized spacial score (nSPS) is 32.5. The van der Waals surface area contributed by atoms with E-state index in [2.05, 4.69) is 119 Å². The third kappa shape index (κ3) is 4.50. The Bertz CT molecular complexity index is 851. The van der Waals surface area contributed by atoms with Crippen LogP contribution < -0.4 is 0 Å². The molecule has 1 heterocycles. The van der Waals surface area contributed by atoms with Crippen LogP contribution in [0.3, 0.4) is 0 Å². The second-order valence-corrected chi connectivity index (χ2v) is 9.25. The first-order valence-electron chi connectivity index (χ1n) is 11.0. The van der Waals surface area contributed by atoms with Crippen LogP contribution in [0.5, 0.6) is 0 Å². The average Bonchev–Trinajstić information content (AvgIpc) is 2.91. The van der Waals surface area contributed by atoms with Crippen LogP contribution in [-0.4, -0.2) is 10.9 Å². The van der Waals surface area contributed by atoms with Crippen molar-refractivity contribution in [1.82, 2.24) is 4.90 Å². The van der Waals surface area contributed by atoms with Crippen molar-refractivity contribution in [2.24, 2.45) is 17.3 Å². The fourth-order valence-corrected chi connectivity index (χ4v) is 4.97. The van der Waals surface area contributed by atoms with Gasteiger partial charge in [0.2, 0.25) is 0 Å². The van der Waals surface area contributed by atoms with Gasteiger partial charge in [-0.15, -0.1) is 0 Å². The average molecular weight is 388 g/mol. The lowest BCUT2D eigenvalue weighted by Gasteiger charge is -2.52. The highest BCUT2D eigenvalue weighted by atomic mass is 15.2. The molecular weight excluding hydrogens is 350 g/mol. The van der Waals surface area contributed by atoms with Crippen molar-refractivity contribution in [1.29, 1.82) is 0 Å². The molecule has 0 aromatic rings. The zero-order valence-electron chi connectivity index (χ0n) is 19.0. The lowest BCUT2D eigenvalue weighted by Crippen LogP contribution is -2.51. The van der Waals surface area contributed by atoms with E-state index in [1.54, 1.807) is 0 Å². The molecule has 3 rings (SSSR count). The van der Waals surface area contributed by atoms with Crippen molar-refractivity contribution in [3.63, 3.8) is 0 Å². The summed E-state index contributed by atoms with van der Waals surface area (Å²) >= 11 is 0. The highest BCUT2D eigenvalue weighted by Gasteiger charge is 2.46. The molecule has 0 radical (unpaired) electrons. The van der Waals surface area contributed by atoms with E-state index in [0.717, 1.165) is 12.8 Å². The number of allylic oxidation sites excluding steroid dienone is 14. The predicted molar refractivity (Wildman–Crippen MR) is 127 cm³/mol. The van der Waals surface area contributed by atoms with E-state index in [4.69, 9.17) is 0 Å². The highest BCUT2D eigenvalue weighted by Crippen LogP contribution is 2.50. The van der Waals surface area contributed by atoms with E-state index in [1.807, 2.05) is 0 Å². The minimum atomic E-state index is 0.0966. The summed E-state index contributed by atoms with van der Waals surface area (Å²) in [6.45, 7) is 13.8. The molecule has 29 heavy (non-hydrogen) atoms. The summed E-state index contributed by atoms with van der Waals surface area (Å²) in [5, 5.41) is 0. The molecule has 0 N–H and O–H groups in total. The molecule has 3 aliphatic rings. The van der Waals surface area contributed by atoms with Crippen molar-refractivity contribution in [2.45, 2.75) is 60.4 Å². The Balaban J connectivity index is 2.27. The number of hydrogen-bond acceptors (Lipinski definition) is 1. The van der Waals surface area contributed by atoms with Gasteiger partial charge in [-0.3, -0.25) is 0 Å². The summed E-state index contributed by atoms with van der Waals surface area (Å²) < 4.78 is 0. The molecule has 154 valence electrons. The van der Waals surface area contributed by atoms with Gasteiger partial charge in [-0.2, -0.15) is 0 Å². The lowest BCUT2D eigenvalue weighted by atomic mass is 9.63. The third-order valence-corrected chi connectivity index (χ3v) is 6.52. The summed E-state index contributed by atoms with van der Waals surface area (Å²) in [4.78, 5) is 2.56. The number of fused-ring (bicyclic) bond motifs is 3.